The molecule has 2 rings (SSSR count). The maximum Gasteiger partial charge on any atom is 0.320 e. The number of amides is 3. The zero-order valence-electron chi connectivity index (χ0n) is 8.87. The van der Waals surface area contributed by atoms with Crippen molar-refractivity contribution in [2.45, 2.75) is 18.4 Å². The average Bonchev–Trinajstić information content (AvgIpc) is 3.02. The van der Waals surface area contributed by atoms with Gasteiger partial charge in [0.1, 0.15) is 10.7 Å². The van der Waals surface area contributed by atoms with Gasteiger partial charge >= 0.3 is 6.03 Å². The molecule has 0 radical (unpaired) electrons. The summed E-state index contributed by atoms with van der Waals surface area (Å²) < 4.78 is 0. The van der Waals surface area contributed by atoms with Crippen LogP contribution < -0.4 is 16.4 Å². The quantitative estimate of drug-likeness (QED) is 0.698. The van der Waals surface area contributed by atoms with Crippen LogP contribution in [0, 0.1) is 0 Å². The van der Waals surface area contributed by atoms with Crippen LogP contribution in [0.2, 0.25) is 5.15 Å². The predicted molar refractivity (Wildman–Crippen MR) is 62.6 cm³/mol. The number of nitrogens with two attached hydrogens (primary N) is 1. The molecule has 1 aliphatic carbocycles. The molecule has 0 unspecified atom stereocenters. The zero-order valence-corrected chi connectivity index (χ0v) is 9.62. The lowest BCUT2D eigenvalue weighted by atomic mass is 10.2. The van der Waals surface area contributed by atoms with Gasteiger partial charge in [0, 0.05) is 0 Å². The summed E-state index contributed by atoms with van der Waals surface area (Å²) in [6.45, 7) is 0. The predicted octanol–water partition coefficient (Wildman–Crippen LogP) is 0.874. The highest BCUT2D eigenvalue weighted by atomic mass is 35.5. The van der Waals surface area contributed by atoms with E-state index in [0.717, 1.165) is 0 Å². The number of hydrogen-bond donors (Lipinski definition) is 3. The maximum absolute atomic E-state index is 11.6. The minimum Gasteiger partial charge on any atom is -0.368 e. The van der Waals surface area contributed by atoms with Gasteiger partial charge in [0.25, 0.3) is 0 Å². The van der Waals surface area contributed by atoms with Gasteiger partial charge in [-0.15, -0.1) is 0 Å². The molecule has 1 aromatic rings. The lowest BCUT2D eigenvalue weighted by Gasteiger charge is -2.14. The van der Waals surface area contributed by atoms with Crippen molar-refractivity contribution in [2.75, 3.05) is 5.32 Å². The first-order valence-electron chi connectivity index (χ1n) is 5.02. The number of aromatic nitrogens is 1. The topological polar surface area (TPSA) is 97.1 Å². The van der Waals surface area contributed by atoms with Gasteiger partial charge in [-0.1, -0.05) is 11.6 Å². The Balaban J connectivity index is 1.94. The van der Waals surface area contributed by atoms with Gasteiger partial charge in [-0.25, -0.2) is 9.78 Å². The van der Waals surface area contributed by atoms with Gasteiger partial charge in [-0.2, -0.15) is 0 Å². The standard InChI is InChI=1S/C10H11ClN4O2/c11-7-2-1-6(5-13-7)14-9(17)15-10(3-4-10)8(12)16/h1-2,5H,3-4H2,(H2,12,16)(H2,14,15,17). The van der Waals surface area contributed by atoms with Crippen LogP contribution in [0.4, 0.5) is 10.5 Å². The van der Waals surface area contributed by atoms with Gasteiger partial charge in [-0.05, 0) is 25.0 Å². The number of nitrogens with one attached hydrogen (secondary N) is 2. The third kappa shape index (κ3) is 2.65. The third-order valence-electron chi connectivity index (χ3n) is 2.56. The Labute approximate surface area is 103 Å². The van der Waals surface area contributed by atoms with Crippen LogP contribution in [0.1, 0.15) is 12.8 Å². The van der Waals surface area contributed by atoms with E-state index in [9.17, 15) is 9.59 Å². The number of urea groups is 1. The van der Waals surface area contributed by atoms with Gasteiger partial charge in [0.15, 0.2) is 0 Å². The molecule has 0 saturated heterocycles. The van der Waals surface area contributed by atoms with E-state index in [1.165, 1.54) is 6.20 Å². The Kier molecular flexibility index (Phi) is 2.89. The summed E-state index contributed by atoms with van der Waals surface area (Å²) in [4.78, 5) is 26.4. The SMILES string of the molecule is NC(=O)C1(NC(=O)Nc2ccc(Cl)nc2)CC1. The fraction of sp³-hybridized carbons (Fsp3) is 0.300. The van der Waals surface area contributed by atoms with Crippen molar-refractivity contribution in [1.82, 2.24) is 10.3 Å². The summed E-state index contributed by atoms with van der Waals surface area (Å²) in [5, 5.41) is 5.43. The summed E-state index contributed by atoms with van der Waals surface area (Å²) in [6.07, 6.45) is 2.58. The van der Waals surface area contributed by atoms with Crippen molar-refractivity contribution in [1.29, 1.82) is 0 Å². The van der Waals surface area contributed by atoms with E-state index in [1.54, 1.807) is 12.1 Å². The van der Waals surface area contributed by atoms with E-state index < -0.39 is 17.5 Å². The molecule has 7 heteroatoms. The van der Waals surface area contributed by atoms with E-state index in [1.807, 2.05) is 0 Å². The Morgan fingerprint density at radius 1 is 1.41 bits per heavy atom. The number of carbonyl (C=O) groups is 2. The minimum atomic E-state index is -0.871. The maximum atomic E-state index is 11.6. The number of rotatable bonds is 3. The second kappa shape index (κ2) is 4.21. The second-order valence-corrected chi connectivity index (χ2v) is 4.28. The van der Waals surface area contributed by atoms with Crippen molar-refractivity contribution in [3.8, 4) is 0 Å². The number of anilines is 1. The number of nitrogens with zero attached hydrogens (tertiary/aromatic N) is 1. The molecule has 1 aliphatic rings. The van der Waals surface area contributed by atoms with Crippen LogP contribution >= 0.6 is 11.6 Å². The number of primary amides is 1. The Morgan fingerprint density at radius 2 is 2.12 bits per heavy atom. The number of pyridine rings is 1. The molecular formula is C10H11ClN4O2. The van der Waals surface area contributed by atoms with Gasteiger partial charge in [-0.3, -0.25) is 4.79 Å². The van der Waals surface area contributed by atoms with E-state index in [4.69, 9.17) is 17.3 Å². The Hall–Kier alpha value is -1.82. The largest absolute Gasteiger partial charge is 0.368 e. The minimum absolute atomic E-state index is 0.340. The summed E-state index contributed by atoms with van der Waals surface area (Å²) in [5.41, 5.74) is 4.80. The molecule has 0 aliphatic heterocycles. The molecule has 0 spiro atoms. The van der Waals surface area contributed by atoms with E-state index >= 15 is 0 Å². The fourth-order valence-electron chi connectivity index (χ4n) is 1.39. The monoisotopic (exact) mass is 254 g/mol. The molecule has 0 aromatic carbocycles. The van der Waals surface area contributed by atoms with Gasteiger partial charge in [0.05, 0.1) is 11.9 Å². The van der Waals surface area contributed by atoms with Crippen molar-refractivity contribution in [2.24, 2.45) is 5.73 Å². The van der Waals surface area contributed by atoms with Crippen LogP contribution in [0.5, 0.6) is 0 Å². The molecule has 3 amide bonds. The molecule has 17 heavy (non-hydrogen) atoms. The molecular weight excluding hydrogens is 244 g/mol. The Bertz CT molecular complexity index is 456. The number of carbonyl (C=O) groups excluding carboxylic acids is 2. The molecule has 1 saturated carbocycles. The average molecular weight is 255 g/mol. The van der Waals surface area contributed by atoms with Crippen molar-refractivity contribution in [3.05, 3.63) is 23.5 Å². The first-order chi connectivity index (χ1) is 8.02. The lowest BCUT2D eigenvalue weighted by Crippen LogP contribution is -2.48. The molecule has 6 nitrogen and oxygen atoms in total. The number of hydrogen-bond acceptors (Lipinski definition) is 3. The molecule has 1 heterocycles. The molecule has 4 N–H and O–H groups in total. The van der Waals surface area contributed by atoms with Gasteiger partial charge < -0.3 is 16.4 Å². The van der Waals surface area contributed by atoms with Crippen LogP contribution in [0.25, 0.3) is 0 Å². The Morgan fingerprint density at radius 3 is 2.59 bits per heavy atom. The van der Waals surface area contributed by atoms with Crippen LogP contribution in [0.15, 0.2) is 18.3 Å². The highest BCUT2D eigenvalue weighted by Crippen LogP contribution is 2.34. The zero-order chi connectivity index (χ0) is 12.5. The number of halogens is 1. The van der Waals surface area contributed by atoms with E-state index in [0.29, 0.717) is 23.7 Å². The van der Waals surface area contributed by atoms with Crippen LogP contribution in [0.3, 0.4) is 0 Å². The summed E-state index contributed by atoms with van der Waals surface area (Å²) >= 11 is 5.61. The third-order valence-corrected chi connectivity index (χ3v) is 2.78. The van der Waals surface area contributed by atoms with Gasteiger partial charge in [0.2, 0.25) is 5.91 Å². The summed E-state index contributed by atoms with van der Waals surface area (Å²) in [7, 11) is 0. The fourth-order valence-corrected chi connectivity index (χ4v) is 1.50. The molecule has 0 bridgehead atoms. The summed E-state index contributed by atoms with van der Waals surface area (Å²) in [6, 6.07) is 2.68. The van der Waals surface area contributed by atoms with Crippen molar-refractivity contribution < 1.29 is 9.59 Å². The highest BCUT2D eigenvalue weighted by molar-refractivity contribution is 6.29. The van der Waals surface area contributed by atoms with Crippen molar-refractivity contribution in [3.63, 3.8) is 0 Å². The smallest absolute Gasteiger partial charge is 0.320 e. The van der Waals surface area contributed by atoms with Crippen LogP contribution in [-0.2, 0) is 4.79 Å². The first kappa shape index (κ1) is 11.7. The van der Waals surface area contributed by atoms with Crippen LogP contribution in [-0.4, -0.2) is 22.5 Å². The van der Waals surface area contributed by atoms with Crippen molar-refractivity contribution >= 4 is 29.2 Å². The second-order valence-electron chi connectivity index (χ2n) is 3.90. The van der Waals surface area contributed by atoms with E-state index in [-0.39, 0.29) is 0 Å². The molecule has 1 fully saturated rings. The summed E-state index contributed by atoms with van der Waals surface area (Å²) in [5.74, 6) is -0.512. The highest BCUT2D eigenvalue weighted by Gasteiger charge is 2.49. The molecule has 1 aromatic heterocycles. The molecule has 90 valence electrons. The normalized spacial score (nSPS) is 16.1. The first-order valence-corrected chi connectivity index (χ1v) is 5.40. The molecule has 0 atom stereocenters. The lowest BCUT2D eigenvalue weighted by molar-refractivity contribution is -0.120. The van der Waals surface area contributed by atoms with E-state index in [2.05, 4.69) is 15.6 Å².